The Morgan fingerprint density at radius 1 is 1.33 bits per heavy atom. The maximum atomic E-state index is 12.1. The first-order valence-corrected chi connectivity index (χ1v) is 7.64. The van der Waals surface area contributed by atoms with Gasteiger partial charge in [0.2, 0.25) is 5.91 Å². The first-order chi connectivity index (χ1) is 11.5. The largest absolute Gasteiger partial charge is 0.481 e. The molecule has 0 bridgehead atoms. The summed E-state index contributed by atoms with van der Waals surface area (Å²) in [5.74, 6) is -1.40. The van der Waals surface area contributed by atoms with Crippen LogP contribution in [0.1, 0.15) is 12.8 Å². The average Bonchev–Trinajstić information content (AvgIpc) is 2.90. The van der Waals surface area contributed by atoms with E-state index in [1.165, 1.54) is 4.40 Å². The second-order valence-electron chi connectivity index (χ2n) is 5.84. The number of nitrogens with zero attached hydrogens (tertiary/aromatic N) is 3. The SMILES string of the molecule is O=C(Cn1nc2ccccn2c1=O)NCC1(C(=O)O)CCOCC1. The number of aromatic nitrogens is 3. The van der Waals surface area contributed by atoms with Gasteiger partial charge in [-0.15, -0.1) is 5.10 Å². The molecule has 2 N–H and O–H groups in total. The number of fused-ring (bicyclic) bond motifs is 1. The minimum Gasteiger partial charge on any atom is -0.481 e. The van der Waals surface area contributed by atoms with E-state index < -0.39 is 23.0 Å². The van der Waals surface area contributed by atoms with Gasteiger partial charge in [0.1, 0.15) is 6.54 Å². The van der Waals surface area contributed by atoms with E-state index in [1.807, 2.05) is 0 Å². The molecule has 1 aliphatic rings. The van der Waals surface area contributed by atoms with E-state index in [4.69, 9.17) is 4.74 Å². The van der Waals surface area contributed by atoms with Crippen LogP contribution in [-0.2, 0) is 20.9 Å². The van der Waals surface area contributed by atoms with Crippen LogP contribution in [0.25, 0.3) is 5.65 Å². The van der Waals surface area contributed by atoms with Gasteiger partial charge in [-0.2, -0.15) is 0 Å². The maximum absolute atomic E-state index is 12.1. The van der Waals surface area contributed by atoms with E-state index in [2.05, 4.69) is 10.4 Å². The first kappa shape index (κ1) is 16.2. The van der Waals surface area contributed by atoms with Crippen molar-refractivity contribution in [1.29, 1.82) is 0 Å². The standard InChI is InChI=1S/C15H18N4O5/c20-12(16-10-15(13(21)22)4-7-24-8-5-15)9-19-14(23)18-6-2-1-3-11(18)17-19/h1-3,6H,4-5,7-10H2,(H,16,20)(H,21,22). The monoisotopic (exact) mass is 334 g/mol. The Morgan fingerprint density at radius 3 is 2.75 bits per heavy atom. The van der Waals surface area contributed by atoms with Crippen molar-refractivity contribution in [3.8, 4) is 0 Å². The summed E-state index contributed by atoms with van der Waals surface area (Å²) < 4.78 is 7.59. The molecule has 0 radical (unpaired) electrons. The number of rotatable bonds is 5. The topological polar surface area (TPSA) is 115 Å². The number of amides is 1. The molecule has 128 valence electrons. The van der Waals surface area contributed by atoms with Crippen LogP contribution in [0.3, 0.4) is 0 Å². The van der Waals surface area contributed by atoms with Crippen molar-refractivity contribution in [2.75, 3.05) is 19.8 Å². The summed E-state index contributed by atoms with van der Waals surface area (Å²) in [6, 6.07) is 5.10. The number of carbonyl (C=O) groups excluding carboxylic acids is 1. The molecule has 1 saturated heterocycles. The van der Waals surface area contributed by atoms with E-state index in [1.54, 1.807) is 24.4 Å². The molecule has 3 heterocycles. The van der Waals surface area contributed by atoms with Gasteiger partial charge in [-0.1, -0.05) is 6.07 Å². The lowest BCUT2D eigenvalue weighted by Crippen LogP contribution is -2.47. The molecule has 2 aromatic heterocycles. The summed E-state index contributed by atoms with van der Waals surface area (Å²) in [4.78, 5) is 35.8. The second kappa shape index (κ2) is 6.44. The van der Waals surface area contributed by atoms with Crippen LogP contribution in [0.5, 0.6) is 0 Å². The molecule has 0 aromatic carbocycles. The Labute approximate surface area is 136 Å². The molecule has 3 rings (SSSR count). The zero-order valence-corrected chi connectivity index (χ0v) is 13.0. The van der Waals surface area contributed by atoms with E-state index in [-0.39, 0.29) is 13.1 Å². The van der Waals surface area contributed by atoms with Gasteiger partial charge in [0.15, 0.2) is 5.65 Å². The molecule has 0 spiro atoms. The molecule has 9 heteroatoms. The van der Waals surface area contributed by atoms with Crippen LogP contribution in [0, 0.1) is 5.41 Å². The minimum atomic E-state index is -1.02. The lowest BCUT2D eigenvalue weighted by molar-refractivity contribution is -0.154. The van der Waals surface area contributed by atoms with Crippen molar-refractivity contribution in [2.24, 2.45) is 5.41 Å². The fourth-order valence-electron chi connectivity index (χ4n) is 2.76. The Hall–Kier alpha value is -2.68. The van der Waals surface area contributed by atoms with Crippen molar-refractivity contribution in [1.82, 2.24) is 19.5 Å². The fraction of sp³-hybridized carbons (Fsp3) is 0.467. The Morgan fingerprint density at radius 2 is 2.08 bits per heavy atom. The normalized spacial score (nSPS) is 16.8. The molecule has 1 aliphatic heterocycles. The van der Waals surface area contributed by atoms with Gasteiger partial charge in [-0.05, 0) is 25.0 Å². The number of carbonyl (C=O) groups is 2. The Kier molecular flexibility index (Phi) is 4.34. The fourth-order valence-corrected chi connectivity index (χ4v) is 2.76. The Balaban J connectivity index is 1.67. The molecule has 0 unspecified atom stereocenters. The number of pyridine rings is 1. The quantitative estimate of drug-likeness (QED) is 0.761. The Bertz CT molecular complexity index is 819. The van der Waals surface area contributed by atoms with Crippen molar-refractivity contribution >= 4 is 17.5 Å². The second-order valence-corrected chi connectivity index (χ2v) is 5.84. The highest BCUT2D eigenvalue weighted by molar-refractivity contribution is 5.79. The third kappa shape index (κ3) is 3.02. The zero-order chi connectivity index (χ0) is 17.2. The summed E-state index contributed by atoms with van der Waals surface area (Å²) in [5, 5.41) is 16.1. The third-order valence-electron chi connectivity index (χ3n) is 4.31. The third-order valence-corrected chi connectivity index (χ3v) is 4.31. The van der Waals surface area contributed by atoms with Gasteiger partial charge >= 0.3 is 11.7 Å². The molecule has 1 fully saturated rings. The van der Waals surface area contributed by atoms with Crippen LogP contribution < -0.4 is 11.0 Å². The van der Waals surface area contributed by atoms with Gasteiger partial charge in [-0.3, -0.25) is 14.0 Å². The zero-order valence-electron chi connectivity index (χ0n) is 13.0. The highest BCUT2D eigenvalue weighted by atomic mass is 16.5. The highest BCUT2D eigenvalue weighted by Crippen LogP contribution is 2.30. The summed E-state index contributed by atoms with van der Waals surface area (Å²) in [6.45, 7) is 0.460. The van der Waals surface area contributed by atoms with Crippen LogP contribution in [0.2, 0.25) is 0 Å². The molecular weight excluding hydrogens is 316 g/mol. The molecule has 24 heavy (non-hydrogen) atoms. The number of ether oxygens (including phenoxy) is 1. The van der Waals surface area contributed by atoms with Crippen molar-refractivity contribution < 1.29 is 19.4 Å². The van der Waals surface area contributed by atoms with Crippen LogP contribution in [0.15, 0.2) is 29.2 Å². The minimum absolute atomic E-state index is 0.00660. The number of nitrogens with one attached hydrogen (secondary N) is 1. The highest BCUT2D eigenvalue weighted by Gasteiger charge is 2.40. The van der Waals surface area contributed by atoms with E-state index in [9.17, 15) is 19.5 Å². The van der Waals surface area contributed by atoms with Gasteiger partial charge in [0, 0.05) is 26.0 Å². The number of carboxylic acid groups (broad SMARTS) is 1. The predicted molar refractivity (Wildman–Crippen MR) is 82.6 cm³/mol. The molecular formula is C15H18N4O5. The molecule has 0 saturated carbocycles. The average molecular weight is 334 g/mol. The van der Waals surface area contributed by atoms with Crippen molar-refractivity contribution in [2.45, 2.75) is 19.4 Å². The van der Waals surface area contributed by atoms with E-state index >= 15 is 0 Å². The number of carboxylic acids is 1. The van der Waals surface area contributed by atoms with Gasteiger partial charge < -0.3 is 15.2 Å². The number of hydrogen-bond acceptors (Lipinski definition) is 5. The summed E-state index contributed by atoms with van der Waals surface area (Å²) in [6.07, 6.45) is 2.26. The summed E-state index contributed by atoms with van der Waals surface area (Å²) in [7, 11) is 0. The molecule has 0 aliphatic carbocycles. The smallest absolute Gasteiger partial charge is 0.350 e. The van der Waals surface area contributed by atoms with Gasteiger partial charge in [-0.25, -0.2) is 9.48 Å². The first-order valence-electron chi connectivity index (χ1n) is 7.64. The van der Waals surface area contributed by atoms with Gasteiger partial charge in [0.05, 0.1) is 5.41 Å². The van der Waals surface area contributed by atoms with Crippen molar-refractivity contribution in [3.05, 3.63) is 34.9 Å². The molecule has 2 aromatic rings. The van der Waals surface area contributed by atoms with E-state index in [0.29, 0.717) is 31.7 Å². The van der Waals surface area contributed by atoms with Gasteiger partial charge in [0.25, 0.3) is 0 Å². The lowest BCUT2D eigenvalue weighted by Gasteiger charge is -2.33. The van der Waals surface area contributed by atoms with E-state index in [0.717, 1.165) is 4.68 Å². The molecule has 1 amide bonds. The van der Waals surface area contributed by atoms with Crippen molar-refractivity contribution in [3.63, 3.8) is 0 Å². The van der Waals surface area contributed by atoms with Crippen LogP contribution in [0.4, 0.5) is 0 Å². The maximum Gasteiger partial charge on any atom is 0.350 e. The summed E-state index contributed by atoms with van der Waals surface area (Å²) >= 11 is 0. The lowest BCUT2D eigenvalue weighted by atomic mass is 9.80. The molecule has 0 atom stereocenters. The molecule has 9 nitrogen and oxygen atoms in total. The predicted octanol–water partition coefficient (Wildman–Crippen LogP) is -0.506. The number of aliphatic carboxylic acids is 1. The van der Waals surface area contributed by atoms with Crippen LogP contribution >= 0.6 is 0 Å². The number of hydrogen-bond donors (Lipinski definition) is 2. The summed E-state index contributed by atoms with van der Waals surface area (Å²) in [5.41, 5.74) is -0.987. The van der Waals surface area contributed by atoms with Crippen LogP contribution in [-0.4, -0.2) is 50.9 Å².